The number of Topliss-reactive ketones (excluding diaryl/α,β-unsaturated/α-hetero) is 1. The maximum Gasteiger partial charge on any atom is 0.225 e. The zero-order chi connectivity index (χ0) is 29.9. The van der Waals surface area contributed by atoms with Gasteiger partial charge in [-0.1, -0.05) is 25.4 Å². The first-order valence-electron chi connectivity index (χ1n) is 14.4. The number of carbonyl (C=O) groups is 1. The van der Waals surface area contributed by atoms with E-state index in [1.54, 1.807) is 0 Å². The molecule has 42 heavy (non-hydrogen) atoms. The molecule has 226 valence electrons. The predicted octanol–water partition coefficient (Wildman–Crippen LogP) is 6.39. The van der Waals surface area contributed by atoms with Crippen LogP contribution in [0.15, 0.2) is 10.5 Å². The van der Waals surface area contributed by atoms with E-state index in [-0.39, 0.29) is 44.8 Å². The molecule has 13 heteroatoms. The Morgan fingerprint density at radius 1 is 1.14 bits per heavy atom. The van der Waals surface area contributed by atoms with Crippen LogP contribution in [0.2, 0.25) is 10.3 Å². The monoisotopic (exact) mass is 684 g/mol. The lowest BCUT2D eigenvalue weighted by Gasteiger charge is -2.51. The van der Waals surface area contributed by atoms with Crippen molar-refractivity contribution in [3.8, 4) is 0 Å². The first-order chi connectivity index (χ1) is 20.0. The van der Waals surface area contributed by atoms with Gasteiger partial charge >= 0.3 is 0 Å². The van der Waals surface area contributed by atoms with E-state index in [1.165, 1.54) is 6.07 Å². The molecule has 0 bridgehead atoms. The van der Waals surface area contributed by atoms with Gasteiger partial charge in [0.05, 0.1) is 46.6 Å². The number of morpholine rings is 1. The topological polar surface area (TPSA) is 76.4 Å². The Balaban J connectivity index is 1.43. The van der Waals surface area contributed by atoms with Crippen LogP contribution in [-0.2, 0) is 22.6 Å². The number of fused-ring (bicyclic) bond motifs is 2. The van der Waals surface area contributed by atoms with Crippen molar-refractivity contribution < 1.29 is 18.3 Å². The van der Waals surface area contributed by atoms with Crippen LogP contribution in [0, 0.1) is 23.5 Å². The van der Waals surface area contributed by atoms with E-state index >= 15 is 0 Å². The second-order valence-corrected chi connectivity index (χ2v) is 13.5. The smallest absolute Gasteiger partial charge is 0.225 e. The van der Waals surface area contributed by atoms with Crippen LogP contribution < -0.4 is 4.90 Å². The molecular weight excluding hydrogens is 653 g/mol. The number of carbonyl (C=O) groups excluding carboxylic acids is 1. The Morgan fingerprint density at radius 2 is 1.88 bits per heavy atom. The van der Waals surface area contributed by atoms with Gasteiger partial charge in [0.2, 0.25) is 5.28 Å². The normalized spacial score (nSPS) is 25.7. The van der Waals surface area contributed by atoms with Crippen molar-refractivity contribution in [2.24, 2.45) is 11.8 Å². The Morgan fingerprint density at radius 3 is 2.60 bits per heavy atom. The third kappa shape index (κ3) is 5.02. The minimum absolute atomic E-state index is 0.0724. The molecule has 0 amide bonds. The van der Waals surface area contributed by atoms with Gasteiger partial charge in [-0.2, -0.15) is 10.1 Å². The second kappa shape index (κ2) is 11.5. The van der Waals surface area contributed by atoms with E-state index in [1.807, 2.05) is 9.58 Å². The fraction of sp³-hybridized carbons (Fsp3) is 0.586. The highest BCUT2D eigenvalue weighted by Gasteiger charge is 2.52. The quantitative estimate of drug-likeness (QED) is 0.233. The van der Waals surface area contributed by atoms with Crippen LogP contribution in [0.4, 0.5) is 14.6 Å². The third-order valence-electron chi connectivity index (χ3n) is 9.28. The molecule has 2 aliphatic heterocycles. The van der Waals surface area contributed by atoms with Crippen molar-refractivity contribution in [3.63, 3.8) is 0 Å². The molecular formula is C29H33BrCl2F2N6O2. The van der Waals surface area contributed by atoms with Gasteiger partial charge in [-0.05, 0) is 65.7 Å². The minimum Gasteiger partial charge on any atom is -0.379 e. The Labute approximate surface area is 261 Å². The molecule has 0 radical (unpaired) electrons. The fourth-order valence-corrected chi connectivity index (χ4v) is 7.77. The molecule has 8 nitrogen and oxygen atoms in total. The molecule has 3 unspecified atom stereocenters. The highest BCUT2D eigenvalue weighted by Crippen LogP contribution is 2.48. The number of ketones is 1. The van der Waals surface area contributed by atoms with Gasteiger partial charge in [-0.15, -0.1) is 0 Å². The average molecular weight is 686 g/mol. The molecule has 1 saturated heterocycles. The number of aryl methyl sites for hydroxylation is 1. The van der Waals surface area contributed by atoms with Crippen molar-refractivity contribution in [2.45, 2.75) is 64.6 Å². The number of benzene rings is 1. The average Bonchev–Trinajstić information content (AvgIpc) is 3.12. The van der Waals surface area contributed by atoms with E-state index in [2.05, 4.69) is 51.6 Å². The van der Waals surface area contributed by atoms with Crippen LogP contribution in [0.3, 0.4) is 0 Å². The number of nitrogens with zero attached hydrogens (tertiary/aromatic N) is 6. The number of hydrogen-bond donors (Lipinski definition) is 0. The zero-order valence-corrected chi connectivity index (χ0v) is 26.9. The van der Waals surface area contributed by atoms with Gasteiger partial charge in [-0.25, -0.2) is 13.8 Å². The lowest BCUT2D eigenvalue weighted by Crippen LogP contribution is -2.60. The first kappa shape index (κ1) is 30.1. The van der Waals surface area contributed by atoms with Crippen molar-refractivity contribution in [3.05, 3.63) is 43.9 Å². The third-order valence-corrected chi connectivity index (χ3v) is 10.6. The van der Waals surface area contributed by atoms with E-state index < -0.39 is 23.1 Å². The number of hydrogen-bond acceptors (Lipinski definition) is 7. The summed E-state index contributed by atoms with van der Waals surface area (Å²) < 4.78 is 36.8. The number of halogens is 5. The molecule has 6 rings (SSSR count). The Bertz CT molecular complexity index is 1550. The summed E-state index contributed by atoms with van der Waals surface area (Å²) in [6.07, 6.45) is 2.35. The first-order valence-corrected chi connectivity index (χ1v) is 15.9. The molecule has 1 aromatic carbocycles. The van der Waals surface area contributed by atoms with Crippen LogP contribution >= 0.6 is 39.1 Å². The summed E-state index contributed by atoms with van der Waals surface area (Å²) in [5, 5.41) is 5.53. The Hall–Kier alpha value is -1.92. The molecule has 4 heterocycles. The summed E-state index contributed by atoms with van der Waals surface area (Å²) >= 11 is 16.4. The largest absolute Gasteiger partial charge is 0.379 e. The van der Waals surface area contributed by atoms with Crippen LogP contribution in [0.25, 0.3) is 10.9 Å². The Kier molecular flexibility index (Phi) is 8.28. The summed E-state index contributed by atoms with van der Waals surface area (Å²) in [4.78, 5) is 26.9. The summed E-state index contributed by atoms with van der Waals surface area (Å²) in [5.41, 5.74) is 0.810. The van der Waals surface area contributed by atoms with E-state index in [4.69, 9.17) is 33.0 Å². The van der Waals surface area contributed by atoms with Gasteiger partial charge in [0.25, 0.3) is 0 Å². The van der Waals surface area contributed by atoms with Crippen molar-refractivity contribution in [2.75, 3.05) is 37.7 Å². The standard InChI is InChI=1S/C29H33BrCl2F2N6O2/c1-15(2)16-5-6-29(3,39-9-11-42-12-10-39)20(26(16)41)25-22(31)19-14-38(7-4-8-40(19)37-25)27-17-13-18(33)21(30)23(34)24(17)35-28(32)36-27/h13,15-16,20H,4-12,14H2,1-3H3. The van der Waals surface area contributed by atoms with Crippen LogP contribution in [-0.4, -0.2) is 68.8 Å². The molecule has 3 aromatic rings. The van der Waals surface area contributed by atoms with E-state index in [0.717, 1.165) is 31.6 Å². The highest BCUT2D eigenvalue weighted by molar-refractivity contribution is 9.10. The van der Waals surface area contributed by atoms with Gasteiger partial charge in [0.15, 0.2) is 5.82 Å². The molecule has 0 N–H and O–H groups in total. The highest BCUT2D eigenvalue weighted by atomic mass is 79.9. The molecule has 3 aliphatic rings. The number of aromatic nitrogens is 4. The molecule has 2 fully saturated rings. The molecule has 1 saturated carbocycles. The molecule has 3 atom stereocenters. The van der Waals surface area contributed by atoms with Gasteiger partial charge in [0, 0.05) is 43.0 Å². The SMILES string of the molecule is CC(C)C1CCC(C)(N2CCOCC2)C(c2nn3c(c2Cl)CN(c2nc(Cl)nc4c(F)c(Br)c(F)cc24)CCC3)C1=O. The van der Waals surface area contributed by atoms with E-state index in [0.29, 0.717) is 49.3 Å². The molecule has 2 aromatic heterocycles. The molecule has 0 spiro atoms. The number of rotatable bonds is 4. The van der Waals surface area contributed by atoms with Crippen molar-refractivity contribution in [1.29, 1.82) is 0 Å². The minimum atomic E-state index is -0.839. The summed E-state index contributed by atoms with van der Waals surface area (Å²) in [7, 11) is 0. The number of ether oxygens (including phenoxy) is 1. The second-order valence-electron chi connectivity index (χ2n) is 12.0. The predicted molar refractivity (Wildman–Crippen MR) is 161 cm³/mol. The number of anilines is 1. The van der Waals surface area contributed by atoms with Gasteiger partial charge < -0.3 is 9.64 Å². The van der Waals surface area contributed by atoms with Crippen molar-refractivity contribution in [1.82, 2.24) is 24.6 Å². The maximum atomic E-state index is 15.0. The van der Waals surface area contributed by atoms with Crippen LogP contribution in [0.1, 0.15) is 57.3 Å². The maximum absolute atomic E-state index is 15.0. The summed E-state index contributed by atoms with van der Waals surface area (Å²) in [6, 6.07) is 1.21. The lowest BCUT2D eigenvalue weighted by molar-refractivity contribution is -0.136. The summed E-state index contributed by atoms with van der Waals surface area (Å²) in [6.45, 7) is 10.5. The van der Waals surface area contributed by atoms with Crippen LogP contribution in [0.5, 0.6) is 0 Å². The van der Waals surface area contributed by atoms with Crippen molar-refractivity contribution >= 4 is 61.6 Å². The van der Waals surface area contributed by atoms with Gasteiger partial charge in [0.1, 0.15) is 22.9 Å². The lowest BCUT2D eigenvalue weighted by atomic mass is 9.64. The summed E-state index contributed by atoms with van der Waals surface area (Å²) in [5.74, 6) is -1.46. The fourth-order valence-electron chi connectivity index (χ4n) is 7.00. The molecule has 1 aliphatic carbocycles. The van der Waals surface area contributed by atoms with E-state index in [9.17, 15) is 13.6 Å². The van der Waals surface area contributed by atoms with Gasteiger partial charge in [-0.3, -0.25) is 14.4 Å². The zero-order valence-electron chi connectivity index (χ0n) is 23.8.